The summed E-state index contributed by atoms with van der Waals surface area (Å²) >= 11 is 0. The molecule has 2 heterocycles. The summed E-state index contributed by atoms with van der Waals surface area (Å²) in [4.78, 5) is 10.1. The Balaban J connectivity index is 2.33. The van der Waals surface area contributed by atoms with E-state index in [9.17, 15) is 0 Å². The van der Waals surface area contributed by atoms with Crippen LogP contribution in [0.15, 0.2) is 24.7 Å². The van der Waals surface area contributed by atoms with Gasteiger partial charge in [0.1, 0.15) is 12.1 Å². The van der Waals surface area contributed by atoms with E-state index in [2.05, 4.69) is 27.1 Å². The third kappa shape index (κ3) is 1.96. The van der Waals surface area contributed by atoms with Crippen LogP contribution in [0.3, 0.4) is 0 Å². The summed E-state index contributed by atoms with van der Waals surface area (Å²) in [6.45, 7) is 4.86. The van der Waals surface area contributed by atoms with Crippen molar-refractivity contribution in [3.63, 3.8) is 0 Å². The highest BCUT2D eigenvalue weighted by molar-refractivity contribution is 5.55. The predicted molar refractivity (Wildman–Crippen MR) is 58.0 cm³/mol. The smallest absolute Gasteiger partial charge is 0.156 e. The van der Waals surface area contributed by atoms with Gasteiger partial charge in [-0.2, -0.15) is 5.10 Å². The maximum absolute atomic E-state index is 4.20. The van der Waals surface area contributed by atoms with Crippen molar-refractivity contribution < 1.29 is 0 Å². The molecule has 1 N–H and O–H groups in total. The molecule has 0 fully saturated rings. The maximum atomic E-state index is 4.20. The number of nitrogens with one attached hydrogen (secondary N) is 1. The second kappa shape index (κ2) is 4.08. The number of H-pyrrole nitrogens is 1. The highest BCUT2D eigenvalue weighted by Crippen LogP contribution is 2.20. The van der Waals surface area contributed by atoms with Gasteiger partial charge >= 0.3 is 0 Å². The zero-order valence-electron chi connectivity index (χ0n) is 8.81. The van der Waals surface area contributed by atoms with Crippen molar-refractivity contribution in [3.8, 4) is 0 Å². The molecule has 15 heavy (non-hydrogen) atoms. The van der Waals surface area contributed by atoms with Gasteiger partial charge in [0.2, 0.25) is 0 Å². The minimum Gasteiger partial charge on any atom is -0.310 e. The number of hydrogen-bond acceptors (Lipinski definition) is 4. The van der Waals surface area contributed by atoms with E-state index in [4.69, 9.17) is 0 Å². The van der Waals surface area contributed by atoms with E-state index in [0.717, 1.165) is 23.9 Å². The summed E-state index contributed by atoms with van der Waals surface area (Å²) in [6, 6.07) is 3.86. The fourth-order valence-corrected chi connectivity index (χ4v) is 1.43. The zero-order chi connectivity index (χ0) is 10.7. The largest absolute Gasteiger partial charge is 0.310 e. The fourth-order valence-electron chi connectivity index (χ4n) is 1.43. The highest BCUT2D eigenvalue weighted by Gasteiger charge is 2.10. The van der Waals surface area contributed by atoms with Crippen LogP contribution >= 0.6 is 0 Å². The first kappa shape index (κ1) is 9.64. The van der Waals surface area contributed by atoms with Gasteiger partial charge in [0, 0.05) is 24.5 Å². The highest BCUT2D eigenvalue weighted by atomic mass is 15.3. The van der Waals surface area contributed by atoms with Crippen LogP contribution in [0.1, 0.15) is 12.6 Å². The quantitative estimate of drug-likeness (QED) is 0.824. The number of rotatable bonds is 3. The molecule has 78 valence electrons. The normalized spacial score (nSPS) is 10.3. The molecule has 2 aromatic rings. The molecule has 0 bridgehead atoms. The van der Waals surface area contributed by atoms with Crippen LogP contribution in [0, 0.1) is 6.92 Å². The SMILES string of the molecule is CCN(c1ccncn1)c1cc(C)[nH]n1. The average molecular weight is 203 g/mol. The molecule has 0 unspecified atom stereocenters. The Labute approximate surface area is 88.2 Å². The first-order chi connectivity index (χ1) is 7.31. The van der Waals surface area contributed by atoms with Gasteiger partial charge in [-0.25, -0.2) is 9.97 Å². The van der Waals surface area contributed by atoms with Crippen LogP contribution < -0.4 is 4.90 Å². The second-order valence-electron chi connectivity index (χ2n) is 3.22. The van der Waals surface area contributed by atoms with Crippen molar-refractivity contribution in [2.24, 2.45) is 0 Å². The van der Waals surface area contributed by atoms with Gasteiger partial charge in [-0.3, -0.25) is 5.10 Å². The molecule has 5 nitrogen and oxygen atoms in total. The summed E-state index contributed by atoms with van der Waals surface area (Å²) in [6.07, 6.45) is 3.27. The molecule has 0 radical (unpaired) electrons. The molecule has 0 saturated heterocycles. The first-order valence-corrected chi connectivity index (χ1v) is 4.87. The molecule has 0 atom stereocenters. The molecule has 5 heteroatoms. The number of aromatic amines is 1. The van der Waals surface area contributed by atoms with E-state index in [0.29, 0.717) is 0 Å². The maximum Gasteiger partial charge on any atom is 0.156 e. The van der Waals surface area contributed by atoms with Crippen molar-refractivity contribution in [3.05, 3.63) is 30.4 Å². The fraction of sp³-hybridized carbons (Fsp3) is 0.300. The molecule has 0 amide bonds. The van der Waals surface area contributed by atoms with Crippen molar-refractivity contribution in [2.45, 2.75) is 13.8 Å². The lowest BCUT2D eigenvalue weighted by Crippen LogP contribution is -2.17. The number of aryl methyl sites for hydroxylation is 1. The Kier molecular flexibility index (Phi) is 2.62. The van der Waals surface area contributed by atoms with Crippen LogP contribution in [0.5, 0.6) is 0 Å². The lowest BCUT2D eigenvalue weighted by atomic mass is 10.4. The molecule has 0 aromatic carbocycles. The van der Waals surface area contributed by atoms with Gasteiger partial charge in [-0.15, -0.1) is 0 Å². The monoisotopic (exact) mass is 203 g/mol. The van der Waals surface area contributed by atoms with Crippen LogP contribution in [0.2, 0.25) is 0 Å². The number of nitrogens with zero attached hydrogens (tertiary/aromatic N) is 4. The molecular formula is C10H13N5. The van der Waals surface area contributed by atoms with Crippen molar-refractivity contribution >= 4 is 11.6 Å². The van der Waals surface area contributed by atoms with Gasteiger partial charge in [0.25, 0.3) is 0 Å². The van der Waals surface area contributed by atoms with Gasteiger partial charge in [-0.1, -0.05) is 0 Å². The summed E-state index contributed by atoms with van der Waals surface area (Å²) in [5.74, 6) is 1.74. The van der Waals surface area contributed by atoms with Crippen LogP contribution in [-0.4, -0.2) is 26.7 Å². The topological polar surface area (TPSA) is 57.7 Å². The molecule has 2 rings (SSSR count). The summed E-state index contributed by atoms with van der Waals surface area (Å²) in [7, 11) is 0. The molecule has 0 saturated carbocycles. The van der Waals surface area contributed by atoms with E-state index >= 15 is 0 Å². The zero-order valence-corrected chi connectivity index (χ0v) is 8.81. The van der Waals surface area contributed by atoms with E-state index in [1.165, 1.54) is 6.33 Å². The molecule has 0 spiro atoms. The third-order valence-corrected chi connectivity index (χ3v) is 2.13. The Morgan fingerprint density at radius 2 is 2.27 bits per heavy atom. The minimum absolute atomic E-state index is 0.821. The van der Waals surface area contributed by atoms with Crippen molar-refractivity contribution in [1.82, 2.24) is 20.2 Å². The van der Waals surface area contributed by atoms with Crippen molar-refractivity contribution in [1.29, 1.82) is 0 Å². The number of aromatic nitrogens is 4. The summed E-state index contributed by atoms with van der Waals surface area (Å²) < 4.78 is 0. The Bertz CT molecular complexity index is 422. The Morgan fingerprint density at radius 3 is 2.80 bits per heavy atom. The van der Waals surface area contributed by atoms with Gasteiger partial charge < -0.3 is 4.90 Å². The molecule has 0 aliphatic heterocycles. The lowest BCUT2D eigenvalue weighted by molar-refractivity contribution is 0.932. The predicted octanol–water partition coefficient (Wildman–Crippen LogP) is 1.67. The Morgan fingerprint density at radius 1 is 1.40 bits per heavy atom. The number of anilines is 2. The van der Waals surface area contributed by atoms with E-state index < -0.39 is 0 Å². The molecule has 0 aliphatic rings. The van der Waals surface area contributed by atoms with Crippen LogP contribution in [0.4, 0.5) is 11.6 Å². The van der Waals surface area contributed by atoms with Gasteiger partial charge in [0.15, 0.2) is 5.82 Å². The van der Waals surface area contributed by atoms with Crippen LogP contribution in [0.25, 0.3) is 0 Å². The first-order valence-electron chi connectivity index (χ1n) is 4.87. The molecule has 2 aromatic heterocycles. The van der Waals surface area contributed by atoms with E-state index in [-0.39, 0.29) is 0 Å². The van der Waals surface area contributed by atoms with Crippen molar-refractivity contribution in [2.75, 3.05) is 11.4 Å². The second-order valence-corrected chi connectivity index (χ2v) is 3.22. The van der Waals surface area contributed by atoms with E-state index in [1.54, 1.807) is 6.20 Å². The average Bonchev–Trinajstić information content (AvgIpc) is 2.68. The lowest BCUT2D eigenvalue weighted by Gasteiger charge is -2.18. The minimum atomic E-state index is 0.821. The number of hydrogen-bond donors (Lipinski definition) is 1. The molecule has 0 aliphatic carbocycles. The Hall–Kier alpha value is -1.91. The van der Waals surface area contributed by atoms with Gasteiger partial charge in [-0.05, 0) is 19.9 Å². The van der Waals surface area contributed by atoms with E-state index in [1.807, 2.05) is 24.0 Å². The molecular weight excluding hydrogens is 190 g/mol. The van der Waals surface area contributed by atoms with Crippen LogP contribution in [-0.2, 0) is 0 Å². The third-order valence-electron chi connectivity index (χ3n) is 2.13. The van der Waals surface area contributed by atoms with Gasteiger partial charge in [0.05, 0.1) is 0 Å². The summed E-state index contributed by atoms with van der Waals surface area (Å²) in [5.41, 5.74) is 1.04. The summed E-state index contributed by atoms with van der Waals surface area (Å²) in [5, 5.41) is 7.12. The standard InChI is InChI=1S/C10H13N5/c1-3-15(9-4-5-11-7-12-9)10-6-8(2)13-14-10/h4-7H,3H2,1-2H3,(H,13,14).